The van der Waals surface area contributed by atoms with Gasteiger partial charge in [-0.25, -0.2) is 0 Å². The lowest BCUT2D eigenvalue weighted by Crippen LogP contribution is -2.57. The Bertz CT molecular complexity index is 1360. The Morgan fingerprint density at radius 2 is 1.95 bits per heavy atom. The van der Waals surface area contributed by atoms with Crippen molar-refractivity contribution in [3.8, 4) is 0 Å². The van der Waals surface area contributed by atoms with Crippen LogP contribution in [0.15, 0.2) is 61.2 Å². The van der Waals surface area contributed by atoms with E-state index in [2.05, 4.69) is 6.58 Å². The zero-order valence-electron chi connectivity index (χ0n) is 24.5. The first-order valence-corrected chi connectivity index (χ1v) is 14.4. The fourth-order valence-electron chi connectivity index (χ4n) is 7.51. The number of hydrogen-bond acceptors (Lipinski definition) is 6. The predicted octanol–water partition coefficient (Wildman–Crippen LogP) is 4.13. The smallest absolute Gasteiger partial charge is 0.312 e. The monoisotopic (exact) mass is 560 g/mol. The van der Waals surface area contributed by atoms with Gasteiger partial charge < -0.3 is 24.4 Å². The summed E-state index contributed by atoms with van der Waals surface area (Å²) < 4.78 is 12.3. The van der Waals surface area contributed by atoms with Crippen molar-refractivity contribution in [3.63, 3.8) is 0 Å². The topological polar surface area (TPSA) is 96.4 Å². The Hall–Kier alpha value is -3.49. The fourth-order valence-corrected chi connectivity index (χ4v) is 7.51. The van der Waals surface area contributed by atoms with Gasteiger partial charge >= 0.3 is 5.97 Å². The summed E-state index contributed by atoms with van der Waals surface area (Å²) in [6.45, 7) is 13.4. The molecule has 218 valence electrons. The maximum atomic E-state index is 15.0. The molecule has 1 spiro atoms. The molecule has 3 aliphatic heterocycles. The lowest BCUT2D eigenvalue weighted by atomic mass is 9.62. The molecule has 2 amide bonds. The number of aliphatic hydroxyl groups excluding tert-OH is 1. The minimum absolute atomic E-state index is 0.117. The molecule has 3 saturated heterocycles. The molecule has 8 nitrogen and oxygen atoms in total. The fraction of sp³-hybridized carbons (Fsp3) is 0.485. The number of esters is 1. The lowest BCUT2D eigenvalue weighted by molar-refractivity contribution is -0.162. The van der Waals surface area contributed by atoms with Gasteiger partial charge in [0.05, 0.1) is 30.8 Å². The zero-order chi connectivity index (χ0) is 29.7. The number of likely N-dealkylation sites (tertiary alicyclic amines) is 1. The molecule has 0 aliphatic carbocycles. The number of aryl methyl sites for hydroxylation is 2. The molecule has 0 aromatic heterocycles. The van der Waals surface area contributed by atoms with Crippen molar-refractivity contribution in [2.45, 2.75) is 64.3 Å². The van der Waals surface area contributed by atoms with Crippen molar-refractivity contribution in [1.29, 1.82) is 0 Å². The Morgan fingerprint density at radius 3 is 2.59 bits per heavy atom. The molecule has 2 aromatic carbocycles. The highest BCUT2D eigenvalue weighted by Crippen LogP contribution is 2.66. The highest BCUT2D eigenvalue weighted by atomic mass is 16.6. The van der Waals surface area contributed by atoms with Gasteiger partial charge in [0.15, 0.2) is 0 Å². The third kappa shape index (κ3) is 4.30. The Morgan fingerprint density at radius 1 is 1.24 bits per heavy atom. The summed E-state index contributed by atoms with van der Waals surface area (Å²) in [4.78, 5) is 46.2. The average molecular weight is 561 g/mol. The van der Waals surface area contributed by atoms with E-state index in [-0.39, 0.29) is 30.9 Å². The molecule has 1 N–H and O–H groups in total. The largest absolute Gasteiger partial charge is 0.466 e. The second kappa shape index (κ2) is 10.7. The summed E-state index contributed by atoms with van der Waals surface area (Å²) in [5.74, 6) is -3.10. The first-order chi connectivity index (χ1) is 19.5. The summed E-state index contributed by atoms with van der Waals surface area (Å²) in [7, 11) is 0. The number of aliphatic hydroxyl groups is 1. The van der Waals surface area contributed by atoms with E-state index in [0.717, 1.165) is 16.8 Å². The summed E-state index contributed by atoms with van der Waals surface area (Å²) in [6.07, 6.45) is 2.08. The minimum Gasteiger partial charge on any atom is -0.466 e. The van der Waals surface area contributed by atoms with E-state index in [1.54, 1.807) is 17.9 Å². The Labute approximate surface area is 241 Å². The molecular weight excluding hydrogens is 520 g/mol. The van der Waals surface area contributed by atoms with Crippen LogP contribution in [0.1, 0.15) is 49.9 Å². The van der Waals surface area contributed by atoms with Crippen molar-refractivity contribution in [1.82, 2.24) is 4.90 Å². The number of carbonyl (C=O) groups is 3. The van der Waals surface area contributed by atoms with Gasteiger partial charge in [-0.15, -0.1) is 6.58 Å². The Kier molecular flexibility index (Phi) is 7.59. The molecule has 3 unspecified atom stereocenters. The number of carbonyl (C=O) groups excluding carboxylic acids is 3. The van der Waals surface area contributed by atoms with Crippen LogP contribution in [0.3, 0.4) is 0 Å². The van der Waals surface area contributed by atoms with Gasteiger partial charge in [-0.1, -0.05) is 55.5 Å². The molecule has 5 rings (SSSR count). The first-order valence-electron chi connectivity index (χ1n) is 14.4. The van der Waals surface area contributed by atoms with Crippen LogP contribution in [0, 0.1) is 31.6 Å². The van der Waals surface area contributed by atoms with Gasteiger partial charge in [-0.05, 0) is 62.8 Å². The maximum absolute atomic E-state index is 15.0. The molecule has 0 saturated carbocycles. The minimum atomic E-state index is -1.26. The molecule has 2 aromatic rings. The van der Waals surface area contributed by atoms with Crippen molar-refractivity contribution in [2.24, 2.45) is 17.8 Å². The van der Waals surface area contributed by atoms with Crippen LogP contribution in [0.4, 0.5) is 5.69 Å². The standard InChI is InChI=1S/C33H40N2O6/c1-7-16-34(24-17-20(3)14-15-21(24)4)30(38)28-33-18-22(5)32(6,41-33)27(31(39)40-8-2)26(33)29(37)35(28)25(19-36)23-12-10-9-11-13-23/h7,9-15,17,22,25-28,36H,1,8,16,18-19H2,2-6H3/t22?,25-,26+,27-,28?,32+,33?/m1/s1. The second-order valence-corrected chi connectivity index (χ2v) is 11.8. The third-order valence-corrected chi connectivity index (χ3v) is 9.45. The van der Waals surface area contributed by atoms with Crippen LogP contribution in [0.2, 0.25) is 0 Å². The van der Waals surface area contributed by atoms with Crippen molar-refractivity contribution in [2.75, 3.05) is 24.7 Å². The number of rotatable bonds is 9. The van der Waals surface area contributed by atoms with E-state index < -0.39 is 47.7 Å². The Balaban J connectivity index is 1.71. The number of ether oxygens (including phenoxy) is 2. The number of fused-ring (bicyclic) bond motifs is 1. The van der Waals surface area contributed by atoms with E-state index >= 15 is 0 Å². The predicted molar refractivity (Wildman–Crippen MR) is 155 cm³/mol. The number of nitrogens with zero attached hydrogens (tertiary/aromatic N) is 2. The van der Waals surface area contributed by atoms with Gasteiger partial charge in [0, 0.05) is 12.2 Å². The lowest BCUT2D eigenvalue weighted by Gasteiger charge is -2.40. The highest BCUT2D eigenvalue weighted by Gasteiger charge is 2.81. The van der Waals surface area contributed by atoms with Crippen LogP contribution in [0.5, 0.6) is 0 Å². The van der Waals surface area contributed by atoms with E-state index in [1.165, 1.54) is 4.90 Å². The number of hydrogen-bond donors (Lipinski definition) is 1. The number of amides is 2. The summed E-state index contributed by atoms with van der Waals surface area (Å²) in [5, 5.41) is 10.7. The average Bonchev–Trinajstić information content (AvgIpc) is 3.46. The van der Waals surface area contributed by atoms with E-state index in [1.807, 2.05) is 76.2 Å². The maximum Gasteiger partial charge on any atom is 0.312 e. The van der Waals surface area contributed by atoms with E-state index in [0.29, 0.717) is 12.0 Å². The van der Waals surface area contributed by atoms with Gasteiger partial charge in [0.25, 0.3) is 5.91 Å². The van der Waals surface area contributed by atoms with Crippen LogP contribution < -0.4 is 4.90 Å². The molecule has 41 heavy (non-hydrogen) atoms. The van der Waals surface area contributed by atoms with Crippen LogP contribution in [0.25, 0.3) is 0 Å². The van der Waals surface area contributed by atoms with Crippen LogP contribution in [-0.2, 0) is 23.9 Å². The summed E-state index contributed by atoms with van der Waals surface area (Å²) in [5.41, 5.74) is 1.07. The first kappa shape index (κ1) is 29.0. The van der Waals surface area contributed by atoms with Gasteiger partial charge in [-0.3, -0.25) is 14.4 Å². The second-order valence-electron chi connectivity index (χ2n) is 11.8. The van der Waals surface area contributed by atoms with Crippen LogP contribution >= 0.6 is 0 Å². The van der Waals surface area contributed by atoms with Crippen molar-refractivity contribution < 1.29 is 29.0 Å². The molecule has 7 atom stereocenters. The van der Waals surface area contributed by atoms with E-state index in [4.69, 9.17) is 9.47 Å². The molecule has 3 heterocycles. The summed E-state index contributed by atoms with van der Waals surface area (Å²) >= 11 is 0. The molecule has 8 heteroatoms. The van der Waals surface area contributed by atoms with E-state index in [9.17, 15) is 19.5 Å². The van der Waals surface area contributed by atoms with Crippen LogP contribution in [-0.4, -0.2) is 64.8 Å². The normalized spacial score (nSPS) is 30.7. The molecular formula is C33H40N2O6. The van der Waals surface area contributed by atoms with Gasteiger partial charge in [0.1, 0.15) is 17.6 Å². The molecule has 3 fully saturated rings. The number of benzene rings is 2. The quantitative estimate of drug-likeness (QED) is 0.366. The zero-order valence-corrected chi connectivity index (χ0v) is 24.5. The van der Waals surface area contributed by atoms with Gasteiger partial charge in [0.2, 0.25) is 5.91 Å². The van der Waals surface area contributed by atoms with Crippen molar-refractivity contribution in [3.05, 3.63) is 77.9 Å². The highest BCUT2D eigenvalue weighted by molar-refractivity contribution is 6.05. The third-order valence-electron chi connectivity index (χ3n) is 9.45. The van der Waals surface area contributed by atoms with Gasteiger partial charge in [-0.2, -0.15) is 0 Å². The summed E-state index contributed by atoms with van der Waals surface area (Å²) in [6, 6.07) is 13.2. The SMILES string of the molecule is C=CCN(C(=O)C1N([C@H](CO)c2ccccc2)C(=O)[C@@H]2[C@H](C(=O)OCC)[C@@]3(C)OC12CC3C)c1cc(C)ccc1C. The molecule has 3 aliphatic rings. The number of anilines is 1. The molecule has 2 bridgehead atoms. The molecule has 0 radical (unpaired) electrons. The van der Waals surface area contributed by atoms with Crippen molar-refractivity contribution >= 4 is 23.5 Å².